The van der Waals surface area contributed by atoms with Gasteiger partial charge in [0.1, 0.15) is 5.69 Å². The third-order valence-electron chi connectivity index (χ3n) is 8.18. The third-order valence-corrected chi connectivity index (χ3v) is 8.18. The smallest absolute Gasteiger partial charge is 0.256 e. The minimum atomic E-state index is -0.0301. The number of carbonyl (C=O) groups is 1. The van der Waals surface area contributed by atoms with Gasteiger partial charge in [0.2, 0.25) is 5.75 Å². The molecule has 1 aromatic heterocycles. The van der Waals surface area contributed by atoms with E-state index in [1.165, 1.54) is 0 Å². The Kier molecular flexibility index (Phi) is 9.37. The van der Waals surface area contributed by atoms with Gasteiger partial charge in [-0.15, -0.1) is 0 Å². The Morgan fingerprint density at radius 2 is 1.45 bits per heavy atom. The van der Waals surface area contributed by atoms with Crippen LogP contribution in [0, 0.1) is 0 Å². The van der Waals surface area contributed by atoms with Crippen LogP contribution < -0.4 is 33.2 Å². The fourth-order valence-corrected chi connectivity index (χ4v) is 5.76. The fraction of sp³-hybridized carbons (Fsp3) is 0.343. The summed E-state index contributed by atoms with van der Waals surface area (Å²) in [6.07, 6.45) is 4.33. The number of aliphatic imine (C=N–C) groups is 1. The van der Waals surface area contributed by atoms with Gasteiger partial charge in [-0.05, 0) is 49.2 Å². The first kappa shape index (κ1) is 31.6. The highest BCUT2D eigenvalue weighted by atomic mass is 16.5. The SMILES string of the molecule is COc1ccc(-c2cc(-c3cc(OC)c(OC)c(OC)c3)on2)cc1OCCCOc1cc2c(cc1OC)C(=O)N1CCC[C@H]1C=N2. The van der Waals surface area contributed by atoms with E-state index in [1.54, 1.807) is 59.8 Å². The lowest BCUT2D eigenvalue weighted by Crippen LogP contribution is -2.35. The van der Waals surface area contributed by atoms with E-state index in [0.29, 0.717) is 88.1 Å². The summed E-state index contributed by atoms with van der Waals surface area (Å²) in [5, 5.41) is 4.28. The molecule has 1 fully saturated rings. The number of hydrogen-bond donors (Lipinski definition) is 0. The number of hydrogen-bond acceptors (Lipinski definition) is 11. The van der Waals surface area contributed by atoms with Gasteiger partial charge < -0.3 is 42.6 Å². The van der Waals surface area contributed by atoms with Crippen LogP contribution in [0.1, 0.15) is 29.6 Å². The van der Waals surface area contributed by atoms with E-state index < -0.39 is 0 Å². The second-order valence-corrected chi connectivity index (χ2v) is 10.9. The lowest BCUT2D eigenvalue weighted by atomic mass is 10.1. The summed E-state index contributed by atoms with van der Waals surface area (Å²) in [5.41, 5.74) is 3.21. The Hall–Kier alpha value is -5.39. The van der Waals surface area contributed by atoms with E-state index in [2.05, 4.69) is 10.1 Å². The molecule has 2 aliphatic rings. The number of benzene rings is 3. The lowest BCUT2D eigenvalue weighted by Gasteiger charge is -2.20. The van der Waals surface area contributed by atoms with Crippen LogP contribution in [0.15, 0.2) is 58.0 Å². The average molecular weight is 644 g/mol. The molecule has 47 heavy (non-hydrogen) atoms. The second-order valence-electron chi connectivity index (χ2n) is 10.9. The van der Waals surface area contributed by atoms with Crippen LogP contribution in [0.4, 0.5) is 5.69 Å². The second kappa shape index (κ2) is 13.9. The van der Waals surface area contributed by atoms with Gasteiger partial charge in [0.15, 0.2) is 40.3 Å². The lowest BCUT2D eigenvalue weighted by molar-refractivity contribution is 0.0774. The Bertz CT molecular complexity index is 1760. The zero-order chi connectivity index (χ0) is 32.9. The van der Waals surface area contributed by atoms with E-state index in [-0.39, 0.29) is 11.9 Å². The standard InChI is InChI=1S/C35H37N3O9/c1-40-27-10-9-21(25-18-28(47-37-25)22-15-32(42-3)34(44-5)33(16-22)43-4)14-30(27)45-12-7-13-46-31-19-26-24(17-29(31)41-2)35(39)38-11-6-8-23(38)20-36-26/h9-10,14-20,23H,6-8,11-13H2,1-5H3/t23-/m0/s1. The zero-order valence-electron chi connectivity index (χ0n) is 27.0. The molecule has 0 N–H and O–H groups in total. The van der Waals surface area contributed by atoms with Crippen LogP contribution in [-0.2, 0) is 0 Å². The van der Waals surface area contributed by atoms with Crippen LogP contribution in [0.5, 0.6) is 40.2 Å². The Morgan fingerprint density at radius 3 is 2.13 bits per heavy atom. The normalized spacial score (nSPS) is 15.0. The number of ether oxygens (including phenoxy) is 7. The van der Waals surface area contributed by atoms with E-state index >= 15 is 0 Å². The summed E-state index contributed by atoms with van der Waals surface area (Å²) in [6, 6.07) is 14.5. The fourth-order valence-electron chi connectivity index (χ4n) is 5.76. The van der Waals surface area contributed by atoms with Crippen molar-refractivity contribution in [2.45, 2.75) is 25.3 Å². The molecule has 1 atom stereocenters. The van der Waals surface area contributed by atoms with Crippen molar-refractivity contribution >= 4 is 17.8 Å². The van der Waals surface area contributed by atoms with Crippen LogP contribution in [0.2, 0.25) is 0 Å². The first-order valence-corrected chi connectivity index (χ1v) is 15.3. The first-order chi connectivity index (χ1) is 23.0. The van der Waals surface area contributed by atoms with E-state index in [9.17, 15) is 4.79 Å². The molecule has 0 aliphatic carbocycles. The van der Waals surface area contributed by atoms with Crippen LogP contribution in [0.25, 0.3) is 22.6 Å². The number of methoxy groups -OCH3 is 5. The van der Waals surface area contributed by atoms with Gasteiger partial charge in [-0.1, -0.05) is 5.16 Å². The molecule has 0 spiro atoms. The van der Waals surface area contributed by atoms with Gasteiger partial charge >= 0.3 is 0 Å². The molecule has 0 radical (unpaired) electrons. The molecule has 12 heteroatoms. The summed E-state index contributed by atoms with van der Waals surface area (Å²) in [7, 11) is 7.82. The van der Waals surface area contributed by atoms with Gasteiger partial charge in [-0.25, -0.2) is 0 Å². The molecule has 1 saturated heterocycles. The molecular formula is C35H37N3O9. The molecule has 3 aromatic carbocycles. The van der Waals surface area contributed by atoms with Crippen molar-refractivity contribution in [2.75, 3.05) is 55.3 Å². The van der Waals surface area contributed by atoms with Crippen molar-refractivity contribution in [1.82, 2.24) is 10.1 Å². The minimum absolute atomic E-state index is 0.0301. The van der Waals surface area contributed by atoms with E-state index in [1.807, 2.05) is 35.4 Å². The van der Waals surface area contributed by atoms with Gasteiger partial charge in [0.05, 0.1) is 66.1 Å². The number of fused-ring (bicyclic) bond motifs is 2. The quantitative estimate of drug-likeness (QED) is 0.155. The molecular weight excluding hydrogens is 606 g/mol. The Balaban J connectivity index is 1.11. The molecule has 1 amide bonds. The molecule has 0 saturated carbocycles. The molecule has 2 aliphatic heterocycles. The number of carbonyl (C=O) groups excluding carboxylic acids is 1. The maximum absolute atomic E-state index is 13.1. The first-order valence-electron chi connectivity index (χ1n) is 15.3. The van der Waals surface area contributed by atoms with Gasteiger partial charge in [-0.3, -0.25) is 9.79 Å². The van der Waals surface area contributed by atoms with Crippen molar-refractivity contribution in [3.05, 3.63) is 54.1 Å². The average Bonchev–Trinajstić information content (AvgIpc) is 3.78. The monoisotopic (exact) mass is 643 g/mol. The molecule has 3 heterocycles. The Morgan fingerprint density at radius 1 is 0.766 bits per heavy atom. The number of aromatic nitrogens is 1. The van der Waals surface area contributed by atoms with E-state index in [0.717, 1.165) is 24.9 Å². The van der Waals surface area contributed by atoms with Crippen LogP contribution >= 0.6 is 0 Å². The molecule has 4 aromatic rings. The van der Waals surface area contributed by atoms with Gasteiger partial charge in [-0.2, -0.15) is 0 Å². The third kappa shape index (κ3) is 6.35. The number of rotatable bonds is 13. The van der Waals surface area contributed by atoms with Gasteiger partial charge in [0, 0.05) is 42.4 Å². The van der Waals surface area contributed by atoms with Crippen LogP contribution in [0.3, 0.4) is 0 Å². The van der Waals surface area contributed by atoms with Crippen LogP contribution in [-0.4, -0.2) is 83.5 Å². The van der Waals surface area contributed by atoms with Crippen molar-refractivity contribution in [2.24, 2.45) is 4.99 Å². The number of amides is 1. The summed E-state index contributed by atoms with van der Waals surface area (Å²) in [6.45, 7) is 1.44. The Labute approximate surface area is 272 Å². The number of nitrogens with zero attached hydrogens (tertiary/aromatic N) is 3. The highest BCUT2D eigenvalue weighted by molar-refractivity contribution is 6.03. The maximum Gasteiger partial charge on any atom is 0.256 e. The topological polar surface area (TPSA) is 123 Å². The zero-order valence-corrected chi connectivity index (χ0v) is 27.0. The summed E-state index contributed by atoms with van der Waals surface area (Å²) >= 11 is 0. The highest BCUT2D eigenvalue weighted by Gasteiger charge is 2.32. The van der Waals surface area contributed by atoms with E-state index in [4.69, 9.17) is 37.7 Å². The molecule has 6 rings (SSSR count). The summed E-state index contributed by atoms with van der Waals surface area (Å²) in [5.74, 6) is 4.14. The largest absolute Gasteiger partial charge is 0.493 e. The molecule has 0 bridgehead atoms. The van der Waals surface area contributed by atoms with Crippen molar-refractivity contribution < 1.29 is 42.5 Å². The van der Waals surface area contributed by atoms with Crippen molar-refractivity contribution in [3.63, 3.8) is 0 Å². The highest BCUT2D eigenvalue weighted by Crippen LogP contribution is 2.42. The molecule has 0 unspecified atom stereocenters. The molecule has 246 valence electrons. The summed E-state index contributed by atoms with van der Waals surface area (Å²) in [4.78, 5) is 19.6. The van der Waals surface area contributed by atoms with Crippen molar-refractivity contribution in [3.8, 4) is 62.8 Å². The molecule has 12 nitrogen and oxygen atoms in total. The summed E-state index contributed by atoms with van der Waals surface area (Å²) < 4.78 is 45.3. The van der Waals surface area contributed by atoms with Crippen molar-refractivity contribution in [1.29, 1.82) is 0 Å². The minimum Gasteiger partial charge on any atom is -0.493 e. The maximum atomic E-state index is 13.1. The van der Waals surface area contributed by atoms with Gasteiger partial charge in [0.25, 0.3) is 5.91 Å². The predicted octanol–water partition coefficient (Wildman–Crippen LogP) is 6.22. The predicted molar refractivity (Wildman–Crippen MR) is 174 cm³/mol.